The molecule has 1 aromatic carbocycles. The van der Waals surface area contributed by atoms with Crippen LogP contribution in [0.1, 0.15) is 25.0 Å². The lowest BCUT2D eigenvalue weighted by atomic mass is 9.99. The molecule has 1 aromatic rings. The maximum Gasteiger partial charge on any atom is 0.164 e. The number of hydrogen-bond acceptors (Lipinski definition) is 3. The summed E-state index contributed by atoms with van der Waals surface area (Å²) < 4.78 is 11.1. The van der Waals surface area contributed by atoms with Crippen LogP contribution in [0.15, 0.2) is 12.1 Å². The fourth-order valence-electron chi connectivity index (χ4n) is 2.04. The van der Waals surface area contributed by atoms with Crippen molar-refractivity contribution in [3.63, 3.8) is 0 Å². The van der Waals surface area contributed by atoms with Gasteiger partial charge in [0.25, 0.3) is 0 Å². The summed E-state index contributed by atoms with van der Waals surface area (Å²) in [5.41, 5.74) is 2.16. The van der Waals surface area contributed by atoms with Crippen molar-refractivity contribution >= 4 is 5.78 Å². The van der Waals surface area contributed by atoms with Gasteiger partial charge in [-0.1, -0.05) is 13.0 Å². The van der Waals surface area contributed by atoms with Crippen LogP contribution in [0.5, 0.6) is 11.5 Å². The molecule has 3 heteroatoms. The molecule has 0 spiro atoms. The van der Waals surface area contributed by atoms with Gasteiger partial charge in [-0.15, -0.1) is 0 Å². The zero-order valence-corrected chi connectivity index (χ0v) is 9.71. The van der Waals surface area contributed by atoms with Crippen molar-refractivity contribution in [2.75, 3.05) is 13.2 Å². The Morgan fingerprint density at radius 1 is 1.31 bits per heavy atom. The highest BCUT2D eigenvalue weighted by atomic mass is 16.6. The Morgan fingerprint density at radius 3 is 2.75 bits per heavy atom. The average molecular weight is 220 g/mol. The smallest absolute Gasteiger partial charge is 0.164 e. The molecular weight excluding hydrogens is 204 g/mol. The van der Waals surface area contributed by atoms with Gasteiger partial charge in [0, 0.05) is 12.0 Å². The quantitative estimate of drug-likeness (QED) is 0.783. The van der Waals surface area contributed by atoms with E-state index in [1.807, 2.05) is 12.1 Å². The van der Waals surface area contributed by atoms with Crippen LogP contribution < -0.4 is 9.47 Å². The van der Waals surface area contributed by atoms with E-state index in [1.54, 1.807) is 6.92 Å². The molecule has 86 valence electrons. The lowest BCUT2D eigenvalue weighted by Gasteiger charge is -2.22. The molecule has 2 rings (SSSR count). The molecule has 1 aliphatic heterocycles. The highest BCUT2D eigenvalue weighted by Crippen LogP contribution is 2.36. The van der Waals surface area contributed by atoms with Gasteiger partial charge in [0.05, 0.1) is 0 Å². The number of Topliss-reactive ketones (excluding diaryl/α,β-unsaturated/α-hetero) is 1. The maximum absolute atomic E-state index is 11.2. The number of fused-ring (bicyclic) bond motifs is 1. The van der Waals surface area contributed by atoms with Crippen LogP contribution in [-0.4, -0.2) is 19.0 Å². The van der Waals surface area contributed by atoms with E-state index in [1.165, 1.54) is 0 Å². The third-order valence-corrected chi connectivity index (χ3v) is 2.70. The fraction of sp³-hybridized carbons (Fsp3) is 0.462. The SMILES string of the molecule is CCc1c(CC(C)=O)ccc2c1OCCO2. The Kier molecular flexibility index (Phi) is 3.13. The van der Waals surface area contributed by atoms with E-state index in [0.29, 0.717) is 19.6 Å². The van der Waals surface area contributed by atoms with Gasteiger partial charge in [0.15, 0.2) is 11.5 Å². The Labute approximate surface area is 95.4 Å². The summed E-state index contributed by atoms with van der Waals surface area (Å²) in [4.78, 5) is 11.2. The molecule has 0 bridgehead atoms. The number of benzene rings is 1. The Morgan fingerprint density at radius 2 is 2.06 bits per heavy atom. The third-order valence-electron chi connectivity index (χ3n) is 2.70. The summed E-state index contributed by atoms with van der Waals surface area (Å²) in [6, 6.07) is 3.86. The topological polar surface area (TPSA) is 35.5 Å². The minimum absolute atomic E-state index is 0.173. The molecule has 0 N–H and O–H groups in total. The minimum Gasteiger partial charge on any atom is -0.486 e. The summed E-state index contributed by atoms with van der Waals surface area (Å²) >= 11 is 0. The number of hydrogen-bond donors (Lipinski definition) is 0. The van der Waals surface area contributed by atoms with Crippen molar-refractivity contribution < 1.29 is 14.3 Å². The van der Waals surface area contributed by atoms with Gasteiger partial charge >= 0.3 is 0 Å². The number of rotatable bonds is 3. The lowest BCUT2D eigenvalue weighted by Crippen LogP contribution is -2.17. The van der Waals surface area contributed by atoms with E-state index < -0.39 is 0 Å². The maximum atomic E-state index is 11.2. The van der Waals surface area contributed by atoms with Crippen molar-refractivity contribution in [1.29, 1.82) is 0 Å². The largest absolute Gasteiger partial charge is 0.486 e. The van der Waals surface area contributed by atoms with Crippen LogP contribution in [0, 0.1) is 0 Å². The van der Waals surface area contributed by atoms with Crippen molar-refractivity contribution in [1.82, 2.24) is 0 Å². The van der Waals surface area contributed by atoms with Gasteiger partial charge in [-0.05, 0) is 25.0 Å². The molecule has 3 nitrogen and oxygen atoms in total. The van der Waals surface area contributed by atoms with Crippen molar-refractivity contribution in [2.24, 2.45) is 0 Å². The normalized spacial score (nSPS) is 13.6. The molecule has 0 saturated carbocycles. The first kappa shape index (κ1) is 11.0. The minimum atomic E-state index is 0.173. The summed E-state index contributed by atoms with van der Waals surface area (Å²) in [6.07, 6.45) is 1.33. The molecule has 16 heavy (non-hydrogen) atoms. The first-order chi connectivity index (χ1) is 7.72. The standard InChI is InChI=1S/C13H16O3/c1-3-11-10(8-9(2)14)4-5-12-13(11)16-7-6-15-12/h4-5H,3,6-8H2,1-2H3. The van der Waals surface area contributed by atoms with E-state index in [4.69, 9.17) is 9.47 Å². The molecule has 1 aliphatic rings. The second-order valence-corrected chi connectivity index (χ2v) is 3.96. The molecule has 0 atom stereocenters. The van der Waals surface area contributed by atoms with Crippen LogP contribution in [0.25, 0.3) is 0 Å². The van der Waals surface area contributed by atoms with Gasteiger partial charge in [-0.25, -0.2) is 0 Å². The highest BCUT2D eigenvalue weighted by Gasteiger charge is 2.18. The second-order valence-electron chi connectivity index (χ2n) is 3.96. The van der Waals surface area contributed by atoms with Gasteiger partial charge in [0.1, 0.15) is 19.0 Å². The average Bonchev–Trinajstić information content (AvgIpc) is 2.28. The molecule has 0 aliphatic carbocycles. The Bertz CT molecular complexity index is 410. The fourth-order valence-corrected chi connectivity index (χ4v) is 2.04. The zero-order chi connectivity index (χ0) is 11.5. The summed E-state index contributed by atoms with van der Waals surface area (Å²) in [5.74, 6) is 1.80. The molecular formula is C13H16O3. The van der Waals surface area contributed by atoms with Crippen LogP contribution in [0.3, 0.4) is 0 Å². The predicted octanol–water partition coefficient (Wildman–Crippen LogP) is 2.15. The van der Waals surface area contributed by atoms with Crippen molar-refractivity contribution in [3.05, 3.63) is 23.3 Å². The first-order valence-corrected chi connectivity index (χ1v) is 5.62. The number of carbonyl (C=O) groups excluding carboxylic acids is 1. The Balaban J connectivity index is 2.43. The van der Waals surface area contributed by atoms with E-state index in [0.717, 1.165) is 29.0 Å². The van der Waals surface area contributed by atoms with E-state index in [2.05, 4.69) is 6.92 Å². The van der Waals surface area contributed by atoms with E-state index in [9.17, 15) is 4.79 Å². The summed E-state index contributed by atoms with van der Waals surface area (Å²) in [5, 5.41) is 0. The highest BCUT2D eigenvalue weighted by molar-refractivity contribution is 5.79. The second kappa shape index (κ2) is 4.56. The van der Waals surface area contributed by atoms with Crippen LogP contribution in [0.4, 0.5) is 0 Å². The van der Waals surface area contributed by atoms with E-state index in [-0.39, 0.29) is 5.78 Å². The number of carbonyl (C=O) groups is 1. The zero-order valence-electron chi connectivity index (χ0n) is 9.71. The summed E-state index contributed by atoms with van der Waals surface area (Å²) in [7, 11) is 0. The molecule has 0 amide bonds. The van der Waals surface area contributed by atoms with Gasteiger partial charge in [-0.3, -0.25) is 4.79 Å². The third kappa shape index (κ3) is 2.03. The van der Waals surface area contributed by atoms with E-state index >= 15 is 0 Å². The monoisotopic (exact) mass is 220 g/mol. The van der Waals surface area contributed by atoms with Crippen LogP contribution in [0.2, 0.25) is 0 Å². The number of ketones is 1. The van der Waals surface area contributed by atoms with Gasteiger partial charge in [0.2, 0.25) is 0 Å². The van der Waals surface area contributed by atoms with Crippen LogP contribution >= 0.6 is 0 Å². The first-order valence-electron chi connectivity index (χ1n) is 5.62. The molecule has 0 radical (unpaired) electrons. The number of ether oxygens (including phenoxy) is 2. The molecule has 0 aromatic heterocycles. The van der Waals surface area contributed by atoms with Crippen molar-refractivity contribution in [3.8, 4) is 11.5 Å². The van der Waals surface area contributed by atoms with Gasteiger partial charge < -0.3 is 9.47 Å². The molecule has 0 fully saturated rings. The predicted molar refractivity (Wildman–Crippen MR) is 61.2 cm³/mol. The Hall–Kier alpha value is -1.51. The van der Waals surface area contributed by atoms with Gasteiger partial charge in [-0.2, -0.15) is 0 Å². The van der Waals surface area contributed by atoms with Crippen molar-refractivity contribution in [2.45, 2.75) is 26.7 Å². The molecule has 1 heterocycles. The molecule has 0 unspecified atom stereocenters. The lowest BCUT2D eigenvalue weighted by molar-refractivity contribution is -0.116. The van der Waals surface area contributed by atoms with Crippen LogP contribution in [-0.2, 0) is 17.6 Å². The summed E-state index contributed by atoms with van der Waals surface area (Å²) in [6.45, 7) is 4.86. The molecule has 0 saturated heterocycles.